The molecular weight excluding hydrogens is 286 g/mol. The molecule has 3 rings (SSSR count). The largest absolute Gasteiger partial charge is 0.383 e. The van der Waals surface area contributed by atoms with Crippen molar-refractivity contribution in [2.45, 2.75) is 6.92 Å². The van der Waals surface area contributed by atoms with Gasteiger partial charge in [0, 0.05) is 18.1 Å². The number of aryl methyl sites for hydroxylation is 1. The summed E-state index contributed by atoms with van der Waals surface area (Å²) < 4.78 is 1.91. The molecular formula is C18H17N5. The Kier molecular flexibility index (Phi) is 3.76. The summed E-state index contributed by atoms with van der Waals surface area (Å²) >= 11 is 0. The number of hydrogen-bond donors (Lipinski definition) is 1. The molecule has 0 atom stereocenters. The Bertz CT molecular complexity index is 934. The maximum absolute atomic E-state index is 6.04. The Morgan fingerprint density at radius 1 is 1.30 bits per heavy atom. The third-order valence-corrected chi connectivity index (χ3v) is 3.47. The molecule has 0 spiro atoms. The molecule has 3 aromatic rings. The van der Waals surface area contributed by atoms with Crippen LogP contribution >= 0.6 is 0 Å². The Morgan fingerprint density at radius 2 is 2.13 bits per heavy atom. The molecule has 0 unspecified atom stereocenters. The average Bonchev–Trinajstić information content (AvgIpc) is 2.91. The van der Waals surface area contributed by atoms with Gasteiger partial charge in [0.05, 0.1) is 5.56 Å². The van der Waals surface area contributed by atoms with Crippen LogP contribution < -0.4 is 5.73 Å². The highest BCUT2D eigenvalue weighted by Crippen LogP contribution is 2.30. The molecule has 0 aromatic carbocycles. The topological polar surface area (TPSA) is 69.6 Å². The Balaban J connectivity index is 2.41. The molecule has 0 aliphatic rings. The SMILES string of the molecule is C=CC=C(C=C)n1c(-c2cccnc2N)nc2cc(C)cnc21. The highest BCUT2D eigenvalue weighted by Gasteiger charge is 2.17. The summed E-state index contributed by atoms with van der Waals surface area (Å²) in [4.78, 5) is 13.4. The second-order valence-electron chi connectivity index (χ2n) is 5.09. The minimum Gasteiger partial charge on any atom is -0.383 e. The van der Waals surface area contributed by atoms with Crippen molar-refractivity contribution in [1.29, 1.82) is 0 Å². The van der Waals surface area contributed by atoms with Crippen molar-refractivity contribution in [3.63, 3.8) is 0 Å². The Hall–Kier alpha value is -3.21. The number of rotatable bonds is 4. The third kappa shape index (κ3) is 2.53. The van der Waals surface area contributed by atoms with Crippen LogP contribution in [0.3, 0.4) is 0 Å². The second kappa shape index (κ2) is 5.88. The van der Waals surface area contributed by atoms with Crippen LogP contribution in [0.1, 0.15) is 5.56 Å². The van der Waals surface area contributed by atoms with E-state index < -0.39 is 0 Å². The zero-order chi connectivity index (χ0) is 16.4. The monoisotopic (exact) mass is 303 g/mol. The number of hydrogen-bond acceptors (Lipinski definition) is 4. The second-order valence-corrected chi connectivity index (χ2v) is 5.09. The van der Waals surface area contributed by atoms with Gasteiger partial charge in [0.1, 0.15) is 11.3 Å². The summed E-state index contributed by atoms with van der Waals surface area (Å²) in [6, 6.07) is 5.71. The lowest BCUT2D eigenvalue weighted by atomic mass is 10.2. The van der Waals surface area contributed by atoms with E-state index >= 15 is 0 Å². The lowest BCUT2D eigenvalue weighted by Crippen LogP contribution is -2.02. The maximum atomic E-state index is 6.04. The molecule has 0 saturated carbocycles. The molecule has 5 heteroatoms. The summed E-state index contributed by atoms with van der Waals surface area (Å²) in [6.45, 7) is 9.62. The fraction of sp³-hybridized carbons (Fsp3) is 0.0556. The minimum absolute atomic E-state index is 0.419. The van der Waals surface area contributed by atoms with Crippen molar-refractivity contribution in [3.8, 4) is 11.4 Å². The van der Waals surface area contributed by atoms with E-state index in [2.05, 4.69) is 23.1 Å². The predicted molar refractivity (Wildman–Crippen MR) is 94.6 cm³/mol. The van der Waals surface area contributed by atoms with Crippen LogP contribution in [-0.4, -0.2) is 19.5 Å². The summed E-state index contributed by atoms with van der Waals surface area (Å²) in [5.74, 6) is 1.10. The van der Waals surface area contributed by atoms with Crippen LogP contribution in [0, 0.1) is 6.92 Å². The highest BCUT2D eigenvalue weighted by molar-refractivity contribution is 5.86. The van der Waals surface area contributed by atoms with Crippen molar-refractivity contribution in [2.75, 3.05) is 5.73 Å². The number of imidazole rings is 1. The quantitative estimate of drug-likeness (QED) is 0.748. The van der Waals surface area contributed by atoms with Gasteiger partial charge >= 0.3 is 0 Å². The van der Waals surface area contributed by atoms with E-state index in [0.717, 1.165) is 28.0 Å². The lowest BCUT2D eigenvalue weighted by molar-refractivity contribution is 1.11. The van der Waals surface area contributed by atoms with Crippen LogP contribution in [0.25, 0.3) is 28.2 Å². The summed E-state index contributed by atoms with van der Waals surface area (Å²) in [5, 5.41) is 0. The standard InChI is InChI=1S/C18H17N5/c1-4-7-13(5-2)23-17(14-8-6-9-20-16(14)19)22-15-10-12(3)11-21-18(15)23/h4-11H,1-2H2,3H3,(H2,19,20). The Labute approximate surface area is 134 Å². The first kappa shape index (κ1) is 14.7. The number of nitrogens with zero attached hydrogens (tertiary/aromatic N) is 4. The summed E-state index contributed by atoms with van der Waals surface area (Å²) in [7, 11) is 0. The molecule has 114 valence electrons. The molecule has 5 nitrogen and oxygen atoms in total. The minimum atomic E-state index is 0.419. The van der Waals surface area contributed by atoms with E-state index in [1.54, 1.807) is 18.3 Å². The van der Waals surface area contributed by atoms with Crippen LogP contribution in [0.5, 0.6) is 0 Å². The van der Waals surface area contributed by atoms with Gasteiger partial charge in [0.15, 0.2) is 11.5 Å². The van der Waals surface area contributed by atoms with Crippen molar-refractivity contribution < 1.29 is 0 Å². The fourth-order valence-corrected chi connectivity index (χ4v) is 2.45. The maximum Gasteiger partial charge on any atom is 0.164 e. The van der Waals surface area contributed by atoms with Crippen molar-refractivity contribution in [3.05, 3.63) is 67.5 Å². The highest BCUT2D eigenvalue weighted by atomic mass is 15.1. The van der Waals surface area contributed by atoms with Gasteiger partial charge in [-0.3, -0.25) is 4.57 Å². The molecule has 23 heavy (non-hydrogen) atoms. The Morgan fingerprint density at radius 3 is 2.83 bits per heavy atom. The number of pyridine rings is 2. The molecule has 0 radical (unpaired) electrons. The van der Waals surface area contributed by atoms with Crippen LogP contribution in [-0.2, 0) is 0 Å². The normalized spacial score (nSPS) is 11.6. The van der Waals surface area contributed by atoms with E-state index in [9.17, 15) is 0 Å². The first-order chi connectivity index (χ1) is 11.2. The van der Waals surface area contributed by atoms with Gasteiger partial charge in [0.25, 0.3) is 0 Å². The third-order valence-electron chi connectivity index (χ3n) is 3.47. The summed E-state index contributed by atoms with van der Waals surface area (Å²) in [6.07, 6.45) is 8.76. The van der Waals surface area contributed by atoms with E-state index in [1.807, 2.05) is 42.0 Å². The lowest BCUT2D eigenvalue weighted by Gasteiger charge is -2.10. The van der Waals surface area contributed by atoms with Crippen LogP contribution in [0.4, 0.5) is 5.82 Å². The van der Waals surface area contributed by atoms with Crippen LogP contribution in [0.15, 0.2) is 62.0 Å². The number of allylic oxidation sites excluding steroid dienone is 4. The number of anilines is 1. The van der Waals surface area contributed by atoms with Crippen LogP contribution in [0.2, 0.25) is 0 Å². The number of fused-ring (bicyclic) bond motifs is 1. The van der Waals surface area contributed by atoms with Crippen molar-refractivity contribution >= 4 is 22.7 Å². The van der Waals surface area contributed by atoms with Gasteiger partial charge in [-0.15, -0.1) is 0 Å². The molecule has 0 amide bonds. The van der Waals surface area contributed by atoms with E-state index in [1.165, 1.54) is 0 Å². The van der Waals surface area contributed by atoms with Gasteiger partial charge < -0.3 is 5.73 Å². The number of nitrogens with two attached hydrogens (primary N) is 1. The fourth-order valence-electron chi connectivity index (χ4n) is 2.45. The molecule has 0 fully saturated rings. The molecule has 0 bridgehead atoms. The predicted octanol–water partition coefficient (Wildman–Crippen LogP) is 3.60. The zero-order valence-electron chi connectivity index (χ0n) is 12.9. The molecule has 0 aliphatic heterocycles. The van der Waals surface area contributed by atoms with Crippen molar-refractivity contribution in [1.82, 2.24) is 19.5 Å². The van der Waals surface area contributed by atoms with Gasteiger partial charge in [-0.1, -0.05) is 19.2 Å². The molecule has 3 aromatic heterocycles. The van der Waals surface area contributed by atoms with E-state index in [0.29, 0.717) is 11.6 Å². The first-order valence-corrected chi connectivity index (χ1v) is 7.17. The van der Waals surface area contributed by atoms with E-state index in [4.69, 9.17) is 10.7 Å². The van der Waals surface area contributed by atoms with Gasteiger partial charge in [0.2, 0.25) is 0 Å². The molecule has 0 saturated heterocycles. The van der Waals surface area contributed by atoms with Gasteiger partial charge in [-0.25, -0.2) is 15.0 Å². The molecule has 0 aliphatic carbocycles. The molecule has 2 N–H and O–H groups in total. The van der Waals surface area contributed by atoms with E-state index in [-0.39, 0.29) is 0 Å². The number of nitrogen functional groups attached to an aromatic ring is 1. The first-order valence-electron chi connectivity index (χ1n) is 7.17. The summed E-state index contributed by atoms with van der Waals surface area (Å²) in [5.41, 5.74) is 10.2. The molecule has 3 heterocycles. The van der Waals surface area contributed by atoms with Crippen molar-refractivity contribution in [2.24, 2.45) is 0 Å². The van der Waals surface area contributed by atoms with Gasteiger partial charge in [-0.05, 0) is 42.8 Å². The zero-order valence-corrected chi connectivity index (χ0v) is 12.9. The van der Waals surface area contributed by atoms with Gasteiger partial charge in [-0.2, -0.15) is 0 Å². The number of aromatic nitrogens is 4. The smallest absolute Gasteiger partial charge is 0.164 e. The average molecular weight is 303 g/mol.